The number of hydrogen-bond donors (Lipinski definition) is 4. The highest BCUT2D eigenvalue weighted by molar-refractivity contribution is 7.21. The van der Waals surface area contributed by atoms with Gasteiger partial charge in [-0.05, 0) is 42.5 Å². The number of nitrogens with one attached hydrogen (secondary N) is 3. The second-order valence-corrected chi connectivity index (χ2v) is 9.30. The first kappa shape index (κ1) is 21.5. The second-order valence-electron chi connectivity index (χ2n) is 8.30. The molecule has 2 aliphatic heterocycles. The molecule has 1 saturated heterocycles. The lowest BCUT2D eigenvalue weighted by Gasteiger charge is -2.28. The number of benzene rings is 2. The van der Waals surface area contributed by atoms with Crippen LogP contribution in [0.2, 0.25) is 0 Å². The molecule has 0 bridgehead atoms. The number of pyridine rings is 1. The molecule has 0 aliphatic carbocycles. The van der Waals surface area contributed by atoms with Crippen molar-refractivity contribution in [1.29, 1.82) is 0 Å². The predicted molar refractivity (Wildman–Crippen MR) is 134 cm³/mol. The number of β-amino-alcohol motifs (C(OH)–C–C–N with tert-alkyl or cyclic N) is 1. The van der Waals surface area contributed by atoms with Crippen LogP contribution >= 0.6 is 11.3 Å². The van der Waals surface area contributed by atoms with Gasteiger partial charge in [-0.25, -0.2) is 9.78 Å². The van der Waals surface area contributed by atoms with Crippen LogP contribution in [0.3, 0.4) is 0 Å². The van der Waals surface area contributed by atoms with Crippen LogP contribution in [0, 0.1) is 0 Å². The Morgan fingerprint density at radius 2 is 1.86 bits per heavy atom. The number of rotatable bonds is 5. The quantitative estimate of drug-likeness (QED) is 0.340. The Morgan fingerprint density at radius 3 is 2.60 bits per heavy atom. The van der Waals surface area contributed by atoms with E-state index < -0.39 is 6.10 Å². The van der Waals surface area contributed by atoms with Crippen molar-refractivity contribution in [3.05, 3.63) is 71.7 Å². The van der Waals surface area contributed by atoms with E-state index in [0.717, 1.165) is 5.75 Å². The Bertz CT molecular complexity index is 1420. The van der Waals surface area contributed by atoms with Gasteiger partial charge in [0.1, 0.15) is 21.2 Å². The van der Waals surface area contributed by atoms with Crippen molar-refractivity contribution >= 4 is 50.6 Å². The third-order valence-corrected chi connectivity index (χ3v) is 7.12. The number of aromatic nitrogens is 1. The maximum atomic E-state index is 13.2. The van der Waals surface area contributed by atoms with Crippen LogP contribution in [0.25, 0.3) is 10.2 Å². The number of anilines is 3. The fourth-order valence-electron chi connectivity index (χ4n) is 4.33. The van der Waals surface area contributed by atoms with E-state index in [9.17, 15) is 14.7 Å². The average molecular weight is 488 g/mol. The maximum Gasteiger partial charge on any atom is 0.331 e. The van der Waals surface area contributed by atoms with Crippen LogP contribution < -0.4 is 25.6 Å². The van der Waals surface area contributed by atoms with E-state index in [-0.39, 0.29) is 18.0 Å². The number of carbonyl (C=O) groups excluding carboxylic acids is 2. The minimum atomic E-state index is -0.655. The van der Waals surface area contributed by atoms with Gasteiger partial charge in [-0.1, -0.05) is 18.2 Å². The molecule has 0 unspecified atom stereocenters. The van der Waals surface area contributed by atoms with Crippen LogP contribution in [-0.4, -0.2) is 47.3 Å². The van der Waals surface area contributed by atoms with Crippen molar-refractivity contribution in [3.63, 3.8) is 0 Å². The average Bonchev–Trinajstić information content (AvgIpc) is 3.44. The molecular formula is C25H21N5O4S. The van der Waals surface area contributed by atoms with Gasteiger partial charge in [-0.2, -0.15) is 0 Å². The summed E-state index contributed by atoms with van der Waals surface area (Å²) in [6.07, 6.45) is 0.972. The van der Waals surface area contributed by atoms with E-state index in [2.05, 4.69) is 20.9 Å². The lowest BCUT2D eigenvalue weighted by Crippen LogP contribution is -2.43. The summed E-state index contributed by atoms with van der Waals surface area (Å²) in [5.41, 5.74) is 1.73. The van der Waals surface area contributed by atoms with Gasteiger partial charge >= 0.3 is 6.03 Å². The van der Waals surface area contributed by atoms with Crippen molar-refractivity contribution in [2.45, 2.75) is 12.1 Å². The minimum absolute atomic E-state index is 0.349. The lowest BCUT2D eigenvalue weighted by atomic mass is 10.1. The van der Waals surface area contributed by atoms with E-state index in [1.807, 2.05) is 42.5 Å². The topological polar surface area (TPSA) is 116 Å². The summed E-state index contributed by atoms with van der Waals surface area (Å²) in [5, 5.41) is 19.5. The monoisotopic (exact) mass is 487 g/mol. The van der Waals surface area contributed by atoms with Gasteiger partial charge in [-0.3, -0.25) is 9.69 Å². The number of thiophene rings is 1. The molecule has 1 fully saturated rings. The zero-order chi connectivity index (χ0) is 23.9. The molecule has 10 heteroatoms. The van der Waals surface area contributed by atoms with Gasteiger partial charge < -0.3 is 25.8 Å². The summed E-state index contributed by atoms with van der Waals surface area (Å²) in [6.45, 7) is 0.914. The molecule has 4 aromatic rings. The molecular weight excluding hydrogens is 466 g/mol. The van der Waals surface area contributed by atoms with Crippen LogP contribution in [-0.2, 0) is 0 Å². The van der Waals surface area contributed by atoms with Crippen LogP contribution in [0.1, 0.15) is 9.67 Å². The normalized spacial score (nSPS) is 19.0. The summed E-state index contributed by atoms with van der Waals surface area (Å²) in [7, 11) is 0. The van der Waals surface area contributed by atoms with Crippen molar-refractivity contribution in [1.82, 2.24) is 15.6 Å². The van der Waals surface area contributed by atoms with Crippen molar-refractivity contribution in [3.8, 4) is 11.5 Å². The molecule has 2 aromatic heterocycles. The van der Waals surface area contributed by atoms with Gasteiger partial charge in [0.25, 0.3) is 5.91 Å². The summed E-state index contributed by atoms with van der Waals surface area (Å²) >= 11 is 1.21. The SMILES string of the molecule is O=C(N[C@H]1CNC[C@@H]1O)c1sc2nccc3c2c1NC(=O)N3c1ccc(Oc2ccccc2)cc1. The van der Waals surface area contributed by atoms with E-state index >= 15 is 0 Å². The van der Waals surface area contributed by atoms with Crippen LogP contribution in [0.5, 0.6) is 11.5 Å². The number of aliphatic hydroxyl groups excluding tert-OH is 1. The fourth-order valence-corrected chi connectivity index (χ4v) is 5.36. The van der Waals surface area contributed by atoms with Crippen LogP contribution in [0.4, 0.5) is 21.9 Å². The first-order valence-electron chi connectivity index (χ1n) is 11.1. The Balaban J connectivity index is 1.32. The summed E-state index contributed by atoms with van der Waals surface area (Å²) in [4.78, 5) is 33.2. The summed E-state index contributed by atoms with van der Waals surface area (Å²) < 4.78 is 5.86. The summed E-state index contributed by atoms with van der Waals surface area (Å²) in [6, 6.07) is 17.7. The number of nitrogens with zero attached hydrogens (tertiary/aromatic N) is 2. The second kappa shape index (κ2) is 8.66. The standard InChI is InChI=1S/C25H21N5O4S/c31-19-13-26-12-17(19)28-23(32)22-21-20-18(10-11-27-24(20)35-22)30(25(33)29-21)14-6-8-16(9-7-14)34-15-4-2-1-3-5-15/h1-11,17,19,26,31H,12-13H2,(H,28,32)(H,29,33)/t17-,19-/m0/s1. The van der Waals surface area contributed by atoms with Crippen LogP contribution in [0.15, 0.2) is 66.9 Å². The Labute approximate surface area is 204 Å². The van der Waals surface area contributed by atoms with Gasteiger partial charge in [0.2, 0.25) is 0 Å². The molecule has 2 atom stereocenters. The molecule has 2 aromatic carbocycles. The third kappa shape index (κ3) is 3.87. The Kier molecular flexibility index (Phi) is 5.33. The molecule has 3 amide bonds. The Hall–Kier alpha value is -3.99. The first-order chi connectivity index (χ1) is 17.1. The van der Waals surface area contributed by atoms with Gasteiger partial charge in [0.05, 0.1) is 34.6 Å². The molecule has 6 rings (SSSR count). The molecule has 9 nitrogen and oxygen atoms in total. The lowest BCUT2D eigenvalue weighted by molar-refractivity contribution is 0.0893. The van der Waals surface area contributed by atoms with E-state index in [1.54, 1.807) is 29.3 Å². The highest BCUT2D eigenvalue weighted by Crippen LogP contribution is 2.45. The molecule has 0 saturated carbocycles. The molecule has 35 heavy (non-hydrogen) atoms. The largest absolute Gasteiger partial charge is 0.457 e. The molecule has 0 spiro atoms. The maximum absolute atomic E-state index is 13.2. The molecule has 4 N–H and O–H groups in total. The van der Waals surface area contributed by atoms with Gasteiger partial charge in [0, 0.05) is 19.3 Å². The number of hydrogen-bond acceptors (Lipinski definition) is 7. The van der Waals surface area contributed by atoms with E-state index in [4.69, 9.17) is 4.74 Å². The van der Waals surface area contributed by atoms with Crippen molar-refractivity contribution in [2.75, 3.05) is 23.3 Å². The number of aliphatic hydroxyl groups is 1. The van der Waals surface area contributed by atoms with E-state index in [1.165, 1.54) is 11.3 Å². The number of para-hydroxylation sites is 1. The van der Waals surface area contributed by atoms with Crippen molar-refractivity contribution in [2.24, 2.45) is 0 Å². The Morgan fingerprint density at radius 1 is 1.09 bits per heavy atom. The number of ether oxygens (including phenoxy) is 1. The molecule has 2 aliphatic rings. The number of amides is 3. The van der Waals surface area contributed by atoms with Crippen molar-refractivity contribution < 1.29 is 19.4 Å². The predicted octanol–water partition coefficient (Wildman–Crippen LogP) is 3.83. The third-order valence-electron chi connectivity index (χ3n) is 6.02. The summed E-state index contributed by atoms with van der Waals surface area (Å²) in [5.74, 6) is 1.02. The number of urea groups is 1. The number of carbonyl (C=O) groups is 2. The zero-order valence-electron chi connectivity index (χ0n) is 18.4. The molecule has 4 heterocycles. The molecule has 176 valence electrons. The smallest absolute Gasteiger partial charge is 0.331 e. The fraction of sp³-hybridized carbons (Fsp3) is 0.160. The first-order valence-corrected chi connectivity index (χ1v) is 12.0. The van der Waals surface area contributed by atoms with Gasteiger partial charge in [-0.15, -0.1) is 11.3 Å². The minimum Gasteiger partial charge on any atom is -0.457 e. The zero-order valence-corrected chi connectivity index (χ0v) is 19.2. The highest BCUT2D eigenvalue weighted by atomic mass is 32.1. The molecule has 0 radical (unpaired) electrons. The van der Waals surface area contributed by atoms with E-state index in [0.29, 0.717) is 51.0 Å². The van der Waals surface area contributed by atoms with Gasteiger partial charge in [0.15, 0.2) is 0 Å². The highest BCUT2D eigenvalue weighted by Gasteiger charge is 2.34.